The maximum absolute atomic E-state index is 5.38. The van der Waals surface area contributed by atoms with Crippen LogP contribution in [0, 0.1) is 6.92 Å². The summed E-state index contributed by atoms with van der Waals surface area (Å²) in [5.41, 5.74) is 6.01. The third kappa shape index (κ3) is 1.80. The van der Waals surface area contributed by atoms with Gasteiger partial charge in [-0.25, -0.2) is 0 Å². The molecule has 0 bridgehead atoms. The van der Waals surface area contributed by atoms with Crippen LogP contribution >= 0.6 is 11.3 Å². The molecule has 1 rings (SSSR count). The quantitative estimate of drug-likeness (QED) is 0.689. The van der Waals surface area contributed by atoms with Crippen LogP contribution in [0.15, 0.2) is 12.3 Å². The van der Waals surface area contributed by atoms with Gasteiger partial charge in [-0.1, -0.05) is 6.58 Å². The van der Waals surface area contributed by atoms with E-state index in [-0.39, 0.29) is 0 Å². The highest BCUT2D eigenvalue weighted by atomic mass is 32.1. The minimum Gasteiger partial charge on any atom is -0.402 e. The molecule has 0 aromatic carbocycles. The van der Waals surface area contributed by atoms with Crippen molar-refractivity contribution in [2.24, 2.45) is 5.73 Å². The molecule has 0 fully saturated rings. The Kier molecular flexibility index (Phi) is 2.01. The normalized spacial score (nSPS) is 9.70. The average molecular weight is 155 g/mol. The summed E-state index contributed by atoms with van der Waals surface area (Å²) in [7, 11) is 0. The van der Waals surface area contributed by atoms with Gasteiger partial charge in [-0.2, -0.15) is 0 Å². The number of rotatable bonds is 2. The molecule has 4 heteroatoms. The molecule has 0 radical (unpaired) electrons. The van der Waals surface area contributed by atoms with Crippen LogP contribution in [0.1, 0.15) is 10.0 Å². The predicted octanol–water partition coefficient (Wildman–Crippen LogP) is 0.861. The van der Waals surface area contributed by atoms with Gasteiger partial charge in [-0.15, -0.1) is 21.5 Å². The Balaban J connectivity index is 2.67. The van der Waals surface area contributed by atoms with Gasteiger partial charge in [0, 0.05) is 12.1 Å². The Morgan fingerprint density at radius 2 is 2.40 bits per heavy atom. The van der Waals surface area contributed by atoms with E-state index in [1.807, 2.05) is 6.92 Å². The first-order chi connectivity index (χ1) is 4.68. The Morgan fingerprint density at radius 3 is 2.80 bits per heavy atom. The van der Waals surface area contributed by atoms with Crippen molar-refractivity contribution in [3.8, 4) is 0 Å². The van der Waals surface area contributed by atoms with Crippen LogP contribution in [-0.4, -0.2) is 10.2 Å². The van der Waals surface area contributed by atoms with Gasteiger partial charge in [0.2, 0.25) is 0 Å². The van der Waals surface area contributed by atoms with E-state index in [2.05, 4.69) is 16.8 Å². The second-order valence-corrected chi connectivity index (χ2v) is 3.32. The third-order valence-corrected chi connectivity index (χ3v) is 1.78. The third-order valence-electron chi connectivity index (χ3n) is 0.946. The molecule has 0 aliphatic rings. The molecule has 0 atom stereocenters. The van der Waals surface area contributed by atoms with Crippen molar-refractivity contribution in [3.05, 3.63) is 22.3 Å². The highest BCUT2D eigenvalue weighted by Crippen LogP contribution is 2.09. The summed E-state index contributed by atoms with van der Waals surface area (Å²) in [5, 5.41) is 9.63. The fraction of sp³-hybridized carbons (Fsp3) is 0.333. The molecular formula is C6H9N3S. The number of hydrogen-bond donors (Lipinski definition) is 1. The first kappa shape index (κ1) is 7.21. The Bertz CT molecular complexity index is 241. The fourth-order valence-electron chi connectivity index (χ4n) is 0.603. The minimum absolute atomic E-state index is 0.635. The summed E-state index contributed by atoms with van der Waals surface area (Å²) in [6, 6.07) is 0. The van der Waals surface area contributed by atoms with Crippen LogP contribution in [0.25, 0.3) is 0 Å². The molecule has 0 aliphatic carbocycles. The second kappa shape index (κ2) is 2.79. The van der Waals surface area contributed by atoms with Gasteiger partial charge in [0.25, 0.3) is 0 Å². The zero-order valence-electron chi connectivity index (χ0n) is 5.79. The summed E-state index contributed by atoms with van der Waals surface area (Å²) in [4.78, 5) is 0. The summed E-state index contributed by atoms with van der Waals surface area (Å²) in [5.74, 6) is 0. The fourth-order valence-corrected chi connectivity index (χ4v) is 1.37. The summed E-state index contributed by atoms with van der Waals surface area (Å²) >= 11 is 1.55. The zero-order chi connectivity index (χ0) is 7.56. The van der Waals surface area contributed by atoms with Crippen molar-refractivity contribution in [1.29, 1.82) is 0 Å². The predicted molar refractivity (Wildman–Crippen MR) is 41.7 cm³/mol. The molecule has 1 aromatic heterocycles. The van der Waals surface area contributed by atoms with Gasteiger partial charge >= 0.3 is 0 Å². The van der Waals surface area contributed by atoms with Gasteiger partial charge in [-0.3, -0.25) is 0 Å². The monoisotopic (exact) mass is 155 g/mol. The van der Waals surface area contributed by atoms with Crippen molar-refractivity contribution in [2.75, 3.05) is 0 Å². The van der Waals surface area contributed by atoms with Crippen LogP contribution in [0.2, 0.25) is 0 Å². The molecule has 0 unspecified atom stereocenters. The van der Waals surface area contributed by atoms with Gasteiger partial charge < -0.3 is 5.73 Å². The molecule has 2 N–H and O–H groups in total. The summed E-state index contributed by atoms with van der Waals surface area (Å²) < 4.78 is 0. The molecule has 10 heavy (non-hydrogen) atoms. The molecular weight excluding hydrogens is 146 g/mol. The minimum atomic E-state index is 0.635. The highest BCUT2D eigenvalue weighted by molar-refractivity contribution is 7.11. The van der Waals surface area contributed by atoms with Crippen LogP contribution in [0.3, 0.4) is 0 Å². The van der Waals surface area contributed by atoms with Crippen LogP contribution in [0.5, 0.6) is 0 Å². The van der Waals surface area contributed by atoms with E-state index in [4.69, 9.17) is 5.73 Å². The number of nitrogens with zero attached hydrogens (tertiary/aromatic N) is 2. The molecule has 0 spiro atoms. The molecule has 1 aromatic rings. The van der Waals surface area contributed by atoms with E-state index in [9.17, 15) is 0 Å². The smallest absolute Gasteiger partial charge is 0.123 e. The van der Waals surface area contributed by atoms with E-state index in [0.717, 1.165) is 10.0 Å². The SMILES string of the molecule is C=C(N)Cc1nnc(C)s1. The van der Waals surface area contributed by atoms with Crippen LogP contribution in [-0.2, 0) is 6.42 Å². The van der Waals surface area contributed by atoms with E-state index in [0.29, 0.717) is 12.1 Å². The number of allylic oxidation sites excluding steroid dienone is 1. The van der Waals surface area contributed by atoms with E-state index in [1.54, 1.807) is 11.3 Å². The van der Waals surface area contributed by atoms with E-state index >= 15 is 0 Å². The lowest BCUT2D eigenvalue weighted by molar-refractivity contribution is 0.968. The number of hydrogen-bond acceptors (Lipinski definition) is 4. The first-order valence-electron chi connectivity index (χ1n) is 2.90. The van der Waals surface area contributed by atoms with Gasteiger partial charge in [-0.05, 0) is 6.92 Å². The van der Waals surface area contributed by atoms with Crippen molar-refractivity contribution in [1.82, 2.24) is 10.2 Å². The maximum atomic E-state index is 5.38. The van der Waals surface area contributed by atoms with Crippen molar-refractivity contribution >= 4 is 11.3 Å². The summed E-state index contributed by atoms with van der Waals surface area (Å²) in [6.07, 6.45) is 0.644. The Labute approximate surface area is 63.6 Å². The number of nitrogens with two attached hydrogens (primary N) is 1. The average Bonchev–Trinajstić information content (AvgIpc) is 2.13. The highest BCUT2D eigenvalue weighted by Gasteiger charge is 1.98. The zero-order valence-corrected chi connectivity index (χ0v) is 6.61. The maximum Gasteiger partial charge on any atom is 0.123 e. The van der Waals surface area contributed by atoms with Crippen molar-refractivity contribution in [2.45, 2.75) is 13.3 Å². The Hall–Kier alpha value is -0.900. The van der Waals surface area contributed by atoms with Crippen LogP contribution < -0.4 is 5.73 Å². The molecule has 0 saturated heterocycles. The standard InChI is InChI=1S/C6H9N3S/c1-4(7)3-6-9-8-5(2)10-6/h1,3,7H2,2H3. The molecule has 0 aliphatic heterocycles. The lowest BCUT2D eigenvalue weighted by atomic mass is 10.4. The molecule has 0 saturated carbocycles. The van der Waals surface area contributed by atoms with E-state index < -0.39 is 0 Å². The van der Waals surface area contributed by atoms with Gasteiger partial charge in [0.1, 0.15) is 10.0 Å². The Morgan fingerprint density at radius 1 is 1.70 bits per heavy atom. The number of aromatic nitrogens is 2. The van der Waals surface area contributed by atoms with Crippen molar-refractivity contribution in [3.63, 3.8) is 0 Å². The van der Waals surface area contributed by atoms with Gasteiger partial charge in [0.15, 0.2) is 0 Å². The second-order valence-electron chi connectivity index (χ2n) is 2.05. The lowest BCUT2D eigenvalue weighted by Crippen LogP contribution is -1.98. The molecule has 0 amide bonds. The topological polar surface area (TPSA) is 51.8 Å². The molecule has 54 valence electrons. The largest absolute Gasteiger partial charge is 0.402 e. The molecule has 1 heterocycles. The molecule has 3 nitrogen and oxygen atoms in total. The number of aryl methyl sites for hydroxylation is 1. The first-order valence-corrected chi connectivity index (χ1v) is 3.72. The van der Waals surface area contributed by atoms with E-state index in [1.165, 1.54) is 0 Å². The van der Waals surface area contributed by atoms with Crippen LogP contribution in [0.4, 0.5) is 0 Å². The van der Waals surface area contributed by atoms with Crippen molar-refractivity contribution < 1.29 is 0 Å². The lowest BCUT2D eigenvalue weighted by Gasteiger charge is -1.89. The van der Waals surface area contributed by atoms with Gasteiger partial charge in [0.05, 0.1) is 0 Å². The summed E-state index contributed by atoms with van der Waals surface area (Å²) in [6.45, 7) is 5.49.